The van der Waals surface area contributed by atoms with Gasteiger partial charge in [-0.25, -0.2) is 9.59 Å². The lowest BCUT2D eigenvalue weighted by Gasteiger charge is -2.04. The van der Waals surface area contributed by atoms with Crippen LogP contribution in [0.3, 0.4) is 0 Å². The molecule has 0 amide bonds. The molecular weight excluding hydrogens is 268 g/mol. The summed E-state index contributed by atoms with van der Waals surface area (Å²) >= 11 is 0. The van der Waals surface area contributed by atoms with Crippen LogP contribution < -0.4 is 11.5 Å². The molecule has 0 radical (unpaired) electrons. The number of carboxylic acids is 1. The van der Waals surface area contributed by atoms with Gasteiger partial charge in [0.15, 0.2) is 12.2 Å². The molecule has 7 N–H and O–H groups in total. The number of aliphatic hydroxyl groups is 2. The van der Waals surface area contributed by atoms with Crippen LogP contribution in [-0.4, -0.2) is 59.7 Å². The molecule has 0 saturated carbocycles. The molecule has 0 spiro atoms. The predicted octanol–water partition coefficient (Wildman–Crippen LogP) is -1.93. The maximum Gasteiger partial charge on any atom is 0.334 e. The van der Waals surface area contributed by atoms with E-state index in [9.17, 15) is 9.59 Å². The molecule has 0 aliphatic heterocycles. The maximum absolute atomic E-state index is 10.4. The van der Waals surface area contributed by atoms with E-state index in [0.29, 0.717) is 0 Å². The molecule has 8 nitrogen and oxygen atoms in total. The number of aliphatic carboxylic acids is 1. The molecule has 18 heavy (non-hydrogen) atoms. The molecule has 0 aliphatic carbocycles. The second kappa shape index (κ2) is 14.1. The van der Waals surface area contributed by atoms with Gasteiger partial charge in [-0.15, -0.1) is 12.4 Å². The summed E-state index contributed by atoms with van der Waals surface area (Å²) in [6.45, 7) is 0.490. The number of halogens is 1. The number of aliphatic hydroxyl groups excluding tert-OH is 2. The number of nitrogens with two attached hydrogens (primary N) is 2. The second-order valence-electron chi connectivity index (χ2n) is 3.05. The molecule has 2 atom stereocenters. The van der Waals surface area contributed by atoms with Crippen LogP contribution in [0.2, 0.25) is 0 Å². The summed E-state index contributed by atoms with van der Waals surface area (Å²) in [5.74, 6) is -1.84. The zero-order chi connectivity index (χ0) is 13.8. The van der Waals surface area contributed by atoms with Crippen LogP contribution in [0.4, 0.5) is 0 Å². The predicted molar refractivity (Wildman–Crippen MR) is 66.3 cm³/mol. The Morgan fingerprint density at radius 2 is 1.50 bits per heavy atom. The Morgan fingerprint density at radius 3 is 1.72 bits per heavy atom. The number of hydrogen-bond acceptors (Lipinski definition) is 7. The third-order valence-corrected chi connectivity index (χ3v) is 1.64. The van der Waals surface area contributed by atoms with Crippen molar-refractivity contribution < 1.29 is 29.6 Å². The summed E-state index contributed by atoms with van der Waals surface area (Å²) in [6, 6.07) is 0. The Labute approximate surface area is 111 Å². The van der Waals surface area contributed by atoms with Crippen LogP contribution in [0.1, 0.15) is 12.8 Å². The normalized spacial score (nSPS) is 12.3. The number of carbonyl (C=O) groups excluding carboxylic acids is 1. The maximum atomic E-state index is 10.4. The average molecular weight is 289 g/mol. The Morgan fingerprint density at radius 1 is 1.11 bits per heavy atom. The standard InChI is InChI=1S/C5H11NO3.C4H9NO3.ClH/c1-9-5(8)4(7)2-3-6;5-2-1-3(6)4(7)8;/h4,7H,2-3,6H2,1H3;3,6H,1-2,5H2,(H,7,8);1H/t4-;3-;/m00./s1. The van der Waals surface area contributed by atoms with E-state index in [1.807, 2.05) is 0 Å². The fourth-order valence-electron chi connectivity index (χ4n) is 0.693. The minimum absolute atomic E-state index is 0. The van der Waals surface area contributed by atoms with E-state index in [4.69, 9.17) is 26.8 Å². The summed E-state index contributed by atoms with van der Waals surface area (Å²) in [5.41, 5.74) is 10.00. The van der Waals surface area contributed by atoms with Crippen LogP contribution in [0.5, 0.6) is 0 Å². The first kappa shape index (κ1) is 22.3. The molecule has 0 heterocycles. The van der Waals surface area contributed by atoms with E-state index >= 15 is 0 Å². The molecule has 0 saturated heterocycles. The van der Waals surface area contributed by atoms with E-state index in [0.717, 1.165) is 0 Å². The topological polar surface area (TPSA) is 156 Å². The zero-order valence-corrected chi connectivity index (χ0v) is 10.9. The largest absolute Gasteiger partial charge is 0.479 e. The summed E-state index contributed by atoms with van der Waals surface area (Å²) in [6.07, 6.45) is -1.97. The third kappa shape index (κ3) is 13.1. The molecule has 110 valence electrons. The molecule has 0 unspecified atom stereocenters. The fraction of sp³-hybridized carbons (Fsp3) is 0.778. The number of carbonyl (C=O) groups is 2. The van der Waals surface area contributed by atoms with Gasteiger partial charge in [-0.3, -0.25) is 0 Å². The number of esters is 1. The molecule has 9 heteroatoms. The van der Waals surface area contributed by atoms with Gasteiger partial charge in [0.05, 0.1) is 7.11 Å². The third-order valence-electron chi connectivity index (χ3n) is 1.64. The van der Waals surface area contributed by atoms with E-state index in [1.54, 1.807) is 0 Å². The number of hydrogen-bond donors (Lipinski definition) is 5. The van der Waals surface area contributed by atoms with Crippen molar-refractivity contribution >= 4 is 24.3 Å². The summed E-state index contributed by atoms with van der Waals surface area (Å²) in [5, 5.41) is 25.2. The first-order valence-electron chi connectivity index (χ1n) is 4.97. The number of rotatable bonds is 6. The minimum atomic E-state index is -1.29. The minimum Gasteiger partial charge on any atom is -0.479 e. The van der Waals surface area contributed by atoms with Crippen molar-refractivity contribution in [3.8, 4) is 0 Å². The molecule has 0 bridgehead atoms. The summed E-state index contributed by atoms with van der Waals surface area (Å²) in [4.78, 5) is 20.2. The van der Waals surface area contributed by atoms with Crippen LogP contribution in [-0.2, 0) is 14.3 Å². The van der Waals surface area contributed by atoms with Crippen LogP contribution in [0.25, 0.3) is 0 Å². The van der Waals surface area contributed by atoms with Gasteiger partial charge in [0, 0.05) is 0 Å². The van der Waals surface area contributed by atoms with Crippen LogP contribution >= 0.6 is 12.4 Å². The molecule has 0 aromatic carbocycles. The van der Waals surface area contributed by atoms with Gasteiger partial charge in [-0.2, -0.15) is 0 Å². The molecule has 0 aromatic heterocycles. The highest BCUT2D eigenvalue weighted by Crippen LogP contribution is 1.90. The fourth-order valence-corrected chi connectivity index (χ4v) is 0.693. The van der Waals surface area contributed by atoms with Crippen molar-refractivity contribution in [2.75, 3.05) is 20.2 Å². The van der Waals surface area contributed by atoms with E-state index < -0.39 is 24.1 Å². The van der Waals surface area contributed by atoms with Crippen molar-refractivity contribution in [2.45, 2.75) is 25.0 Å². The Balaban J connectivity index is -0.000000238. The van der Waals surface area contributed by atoms with Crippen molar-refractivity contribution in [3.63, 3.8) is 0 Å². The molecule has 0 fully saturated rings. The molecule has 0 aromatic rings. The monoisotopic (exact) mass is 288 g/mol. The number of methoxy groups -OCH3 is 1. The Bertz CT molecular complexity index is 229. The molecule has 0 aliphatic rings. The first-order valence-corrected chi connectivity index (χ1v) is 4.97. The quantitative estimate of drug-likeness (QED) is 0.354. The SMILES string of the molecule is COC(=O)[C@@H](O)CCN.Cl.NCC[C@H](O)C(=O)O. The van der Waals surface area contributed by atoms with E-state index in [2.05, 4.69) is 4.74 Å². The van der Waals surface area contributed by atoms with Gasteiger partial charge in [-0.05, 0) is 25.9 Å². The average Bonchev–Trinajstić information content (AvgIpc) is 2.29. The van der Waals surface area contributed by atoms with Gasteiger partial charge >= 0.3 is 11.9 Å². The molecular formula is C9H21ClN2O6. The van der Waals surface area contributed by atoms with E-state index in [-0.39, 0.29) is 38.3 Å². The highest BCUT2D eigenvalue weighted by molar-refractivity contribution is 5.85. The van der Waals surface area contributed by atoms with Gasteiger partial charge in [-0.1, -0.05) is 0 Å². The lowest BCUT2D eigenvalue weighted by atomic mass is 10.2. The smallest absolute Gasteiger partial charge is 0.334 e. The van der Waals surface area contributed by atoms with Gasteiger partial charge in [0.2, 0.25) is 0 Å². The lowest BCUT2D eigenvalue weighted by molar-refractivity contribution is -0.150. The lowest BCUT2D eigenvalue weighted by Crippen LogP contribution is -2.24. The first-order chi connectivity index (χ1) is 7.90. The molecule has 0 rings (SSSR count). The van der Waals surface area contributed by atoms with Gasteiger partial charge in [0.1, 0.15) is 0 Å². The highest BCUT2D eigenvalue weighted by Gasteiger charge is 2.12. The number of ether oxygens (including phenoxy) is 1. The van der Waals surface area contributed by atoms with Gasteiger partial charge < -0.3 is 31.5 Å². The van der Waals surface area contributed by atoms with Crippen molar-refractivity contribution in [3.05, 3.63) is 0 Å². The Hall–Kier alpha value is -0.930. The summed E-state index contributed by atoms with van der Waals surface area (Å²) < 4.78 is 4.22. The number of carboxylic acid groups (broad SMARTS) is 1. The van der Waals surface area contributed by atoms with Crippen LogP contribution in [0, 0.1) is 0 Å². The Kier molecular flexibility index (Phi) is 17.5. The zero-order valence-electron chi connectivity index (χ0n) is 10.1. The summed E-state index contributed by atoms with van der Waals surface area (Å²) in [7, 11) is 1.22. The van der Waals surface area contributed by atoms with Crippen molar-refractivity contribution in [1.82, 2.24) is 0 Å². The van der Waals surface area contributed by atoms with Gasteiger partial charge in [0.25, 0.3) is 0 Å². The van der Waals surface area contributed by atoms with E-state index in [1.165, 1.54) is 7.11 Å². The van der Waals surface area contributed by atoms with Crippen molar-refractivity contribution in [2.24, 2.45) is 11.5 Å². The highest BCUT2D eigenvalue weighted by atomic mass is 35.5. The van der Waals surface area contributed by atoms with Crippen LogP contribution in [0.15, 0.2) is 0 Å². The second-order valence-corrected chi connectivity index (χ2v) is 3.05. The van der Waals surface area contributed by atoms with Crippen molar-refractivity contribution in [1.29, 1.82) is 0 Å².